The first-order chi connectivity index (χ1) is 14.2. The van der Waals surface area contributed by atoms with Gasteiger partial charge in [-0.25, -0.2) is 0 Å². The molecule has 0 bridgehead atoms. The zero-order valence-electron chi connectivity index (χ0n) is 18.5. The fraction of sp³-hybridized carbons (Fsp3) is 0.720. The van der Waals surface area contributed by atoms with Crippen LogP contribution in [0.2, 0.25) is 0 Å². The van der Waals surface area contributed by atoms with Crippen molar-refractivity contribution < 1.29 is 15.0 Å². The number of benzene rings is 1. The summed E-state index contributed by atoms with van der Waals surface area (Å²) in [6.45, 7) is 2.10. The highest BCUT2D eigenvalue weighted by atomic mass is 16.3. The van der Waals surface area contributed by atoms with Crippen LogP contribution < -0.4 is 5.32 Å². The first-order valence-electron chi connectivity index (χ1n) is 11.8. The van der Waals surface area contributed by atoms with Crippen molar-refractivity contribution in [2.45, 2.75) is 109 Å². The Balaban J connectivity index is 2.02. The van der Waals surface area contributed by atoms with E-state index in [1.54, 1.807) is 0 Å². The summed E-state index contributed by atoms with van der Waals surface area (Å²) in [6, 6.07) is 8.95. The monoisotopic (exact) mass is 405 g/mol. The summed E-state index contributed by atoms with van der Waals surface area (Å²) in [7, 11) is 0. The van der Waals surface area contributed by atoms with Crippen LogP contribution in [0.4, 0.5) is 0 Å². The number of carbonyl (C=O) groups is 1. The van der Waals surface area contributed by atoms with E-state index in [-0.39, 0.29) is 12.5 Å². The Morgan fingerprint density at radius 3 is 1.90 bits per heavy atom. The highest BCUT2D eigenvalue weighted by Gasteiger charge is 2.17. The maximum Gasteiger partial charge on any atom is 0.220 e. The van der Waals surface area contributed by atoms with E-state index in [1.807, 2.05) is 30.3 Å². The molecule has 1 amide bonds. The summed E-state index contributed by atoms with van der Waals surface area (Å²) in [5, 5.41) is 22.6. The summed E-state index contributed by atoms with van der Waals surface area (Å²) < 4.78 is 0. The summed E-state index contributed by atoms with van der Waals surface area (Å²) in [6.07, 6.45) is 15.4. The Bertz CT molecular complexity index is 506. The Hall–Kier alpha value is -1.39. The Morgan fingerprint density at radius 2 is 1.38 bits per heavy atom. The van der Waals surface area contributed by atoms with E-state index in [0.717, 1.165) is 18.4 Å². The lowest BCUT2D eigenvalue weighted by molar-refractivity contribution is -0.122. The van der Waals surface area contributed by atoms with Crippen molar-refractivity contribution >= 4 is 5.91 Å². The maximum absolute atomic E-state index is 12.1. The lowest BCUT2D eigenvalue weighted by Crippen LogP contribution is -2.38. The average molecular weight is 406 g/mol. The van der Waals surface area contributed by atoms with E-state index in [2.05, 4.69) is 12.2 Å². The highest BCUT2D eigenvalue weighted by Crippen LogP contribution is 2.18. The number of aliphatic hydroxyl groups excluding tert-OH is 2. The van der Waals surface area contributed by atoms with Crippen molar-refractivity contribution in [1.29, 1.82) is 0 Å². The second-order valence-corrected chi connectivity index (χ2v) is 8.25. The Labute approximate surface area is 178 Å². The third-order valence-electron chi connectivity index (χ3n) is 5.54. The molecule has 1 unspecified atom stereocenters. The van der Waals surface area contributed by atoms with Crippen LogP contribution in [0.5, 0.6) is 0 Å². The molecule has 0 aliphatic heterocycles. The van der Waals surface area contributed by atoms with Crippen molar-refractivity contribution in [3.8, 4) is 0 Å². The molecule has 0 fully saturated rings. The van der Waals surface area contributed by atoms with Gasteiger partial charge in [0, 0.05) is 6.42 Å². The first kappa shape index (κ1) is 25.6. The van der Waals surface area contributed by atoms with Gasteiger partial charge >= 0.3 is 0 Å². The van der Waals surface area contributed by atoms with Crippen molar-refractivity contribution in [3.63, 3.8) is 0 Å². The van der Waals surface area contributed by atoms with Gasteiger partial charge in [-0.15, -0.1) is 0 Å². The predicted octanol–water partition coefficient (Wildman–Crippen LogP) is 5.68. The molecule has 1 aromatic carbocycles. The van der Waals surface area contributed by atoms with E-state index in [1.165, 1.54) is 64.2 Å². The Morgan fingerprint density at radius 1 is 0.862 bits per heavy atom. The SMILES string of the molecule is CCCCCCCCCCCCCCC(=O)N[C@@H](CO)CC(O)c1ccccc1. The van der Waals surface area contributed by atoms with Gasteiger partial charge in [0.2, 0.25) is 5.91 Å². The molecule has 2 atom stereocenters. The molecule has 1 rings (SSSR count). The number of hydrogen-bond donors (Lipinski definition) is 3. The molecule has 29 heavy (non-hydrogen) atoms. The van der Waals surface area contributed by atoms with Crippen molar-refractivity contribution in [2.24, 2.45) is 0 Å². The molecule has 0 saturated carbocycles. The number of amides is 1. The van der Waals surface area contributed by atoms with Crippen LogP contribution in [-0.2, 0) is 4.79 Å². The van der Waals surface area contributed by atoms with Crippen LogP contribution in [0, 0.1) is 0 Å². The van der Waals surface area contributed by atoms with Crippen LogP contribution >= 0.6 is 0 Å². The van der Waals surface area contributed by atoms with E-state index in [0.29, 0.717) is 12.8 Å². The van der Waals surface area contributed by atoms with Gasteiger partial charge in [-0.2, -0.15) is 0 Å². The second kappa shape index (κ2) is 17.5. The number of aliphatic hydroxyl groups is 2. The highest BCUT2D eigenvalue weighted by molar-refractivity contribution is 5.76. The van der Waals surface area contributed by atoms with Crippen LogP contribution in [0.3, 0.4) is 0 Å². The Kier molecular flexibility index (Phi) is 15.4. The third-order valence-corrected chi connectivity index (χ3v) is 5.54. The molecule has 0 aromatic heterocycles. The van der Waals surface area contributed by atoms with Gasteiger partial charge in [-0.05, 0) is 18.4 Å². The van der Waals surface area contributed by atoms with Crippen LogP contribution in [0.1, 0.15) is 108 Å². The number of hydrogen-bond acceptors (Lipinski definition) is 3. The third kappa shape index (κ3) is 13.5. The van der Waals surface area contributed by atoms with Gasteiger partial charge in [-0.3, -0.25) is 4.79 Å². The van der Waals surface area contributed by atoms with Gasteiger partial charge < -0.3 is 15.5 Å². The number of carbonyl (C=O) groups excluding carboxylic acids is 1. The van der Waals surface area contributed by atoms with Gasteiger partial charge in [-0.1, -0.05) is 108 Å². The normalized spacial score (nSPS) is 13.2. The molecule has 166 valence electrons. The smallest absolute Gasteiger partial charge is 0.220 e. The van der Waals surface area contributed by atoms with Crippen LogP contribution in [0.25, 0.3) is 0 Å². The minimum atomic E-state index is -0.680. The fourth-order valence-corrected chi connectivity index (χ4v) is 3.69. The maximum atomic E-state index is 12.1. The summed E-state index contributed by atoms with van der Waals surface area (Å²) in [4.78, 5) is 12.1. The summed E-state index contributed by atoms with van der Waals surface area (Å²) in [5.41, 5.74) is 0.807. The van der Waals surface area contributed by atoms with Crippen molar-refractivity contribution in [3.05, 3.63) is 35.9 Å². The van der Waals surface area contributed by atoms with Crippen molar-refractivity contribution in [1.82, 2.24) is 5.32 Å². The average Bonchev–Trinajstić information content (AvgIpc) is 2.74. The lowest BCUT2D eigenvalue weighted by Gasteiger charge is -2.20. The van der Waals surface area contributed by atoms with E-state index in [4.69, 9.17) is 0 Å². The van der Waals surface area contributed by atoms with Crippen molar-refractivity contribution in [2.75, 3.05) is 6.61 Å². The molecule has 1 aromatic rings. The minimum absolute atomic E-state index is 0.0311. The molecule has 0 aliphatic rings. The van der Waals surface area contributed by atoms with Gasteiger partial charge in [0.25, 0.3) is 0 Å². The molecule has 0 spiro atoms. The quantitative estimate of drug-likeness (QED) is 0.275. The molecule has 3 N–H and O–H groups in total. The van der Waals surface area contributed by atoms with E-state index >= 15 is 0 Å². The van der Waals surface area contributed by atoms with Crippen LogP contribution in [-0.4, -0.2) is 28.8 Å². The topological polar surface area (TPSA) is 69.6 Å². The fourth-order valence-electron chi connectivity index (χ4n) is 3.69. The lowest BCUT2D eigenvalue weighted by atomic mass is 10.0. The molecule has 0 aliphatic carbocycles. The first-order valence-corrected chi connectivity index (χ1v) is 11.8. The number of rotatable bonds is 18. The van der Waals surface area contributed by atoms with Gasteiger partial charge in [0.15, 0.2) is 0 Å². The molecule has 4 nitrogen and oxygen atoms in total. The second-order valence-electron chi connectivity index (χ2n) is 8.25. The molecule has 0 radical (unpaired) electrons. The van der Waals surface area contributed by atoms with Gasteiger partial charge in [0.1, 0.15) is 0 Å². The standard InChI is InChI=1S/C25H43NO3/c1-2-3-4-5-6-7-8-9-10-11-12-16-19-25(29)26-23(21-27)20-24(28)22-17-14-13-15-18-22/h13-15,17-18,23-24,27-28H,2-12,16,19-21H2,1H3,(H,26,29)/t23-,24?/m1/s1. The molecular weight excluding hydrogens is 362 g/mol. The molecular formula is C25H43NO3. The number of unbranched alkanes of at least 4 members (excludes halogenated alkanes) is 11. The van der Waals surface area contributed by atoms with E-state index < -0.39 is 12.1 Å². The minimum Gasteiger partial charge on any atom is -0.394 e. The largest absolute Gasteiger partial charge is 0.394 e. The zero-order chi connectivity index (χ0) is 21.2. The molecule has 0 saturated heterocycles. The molecule has 0 heterocycles. The van der Waals surface area contributed by atoms with Gasteiger partial charge in [0.05, 0.1) is 18.8 Å². The summed E-state index contributed by atoms with van der Waals surface area (Å²) >= 11 is 0. The summed E-state index contributed by atoms with van der Waals surface area (Å²) in [5.74, 6) is -0.0311. The predicted molar refractivity (Wildman–Crippen MR) is 121 cm³/mol. The van der Waals surface area contributed by atoms with Crippen LogP contribution in [0.15, 0.2) is 30.3 Å². The van der Waals surface area contributed by atoms with E-state index in [9.17, 15) is 15.0 Å². The zero-order valence-corrected chi connectivity index (χ0v) is 18.5. The number of nitrogens with one attached hydrogen (secondary N) is 1. The molecule has 4 heteroatoms.